The Kier molecular flexibility index (Phi) is 6.86. The Morgan fingerprint density at radius 2 is 1.75 bits per heavy atom. The van der Waals surface area contributed by atoms with Crippen LogP contribution in [0.1, 0.15) is 25.8 Å². The molecule has 1 aromatic carbocycles. The molecule has 2 nitrogen and oxygen atoms in total. The Labute approximate surface area is 98.6 Å². The van der Waals surface area contributed by atoms with Gasteiger partial charge in [0.25, 0.3) is 0 Å². The monoisotopic (exact) mass is 222 g/mol. The van der Waals surface area contributed by atoms with Gasteiger partial charge >= 0.3 is 0 Å². The van der Waals surface area contributed by atoms with Crippen molar-refractivity contribution < 1.29 is 9.47 Å². The van der Waals surface area contributed by atoms with Gasteiger partial charge in [0.2, 0.25) is 0 Å². The van der Waals surface area contributed by atoms with Gasteiger partial charge in [-0.3, -0.25) is 0 Å². The first-order chi connectivity index (χ1) is 7.79. The molecule has 0 unspecified atom stereocenters. The second-order valence-corrected chi connectivity index (χ2v) is 4.12. The van der Waals surface area contributed by atoms with Gasteiger partial charge in [-0.2, -0.15) is 0 Å². The number of benzene rings is 1. The predicted octanol–water partition coefficient (Wildman–Crippen LogP) is 3.06. The van der Waals surface area contributed by atoms with Crippen LogP contribution in [0.3, 0.4) is 0 Å². The van der Waals surface area contributed by atoms with Crippen molar-refractivity contribution in [3.63, 3.8) is 0 Å². The molecular weight excluding hydrogens is 200 g/mol. The molecule has 0 fully saturated rings. The fourth-order valence-corrected chi connectivity index (χ4v) is 1.47. The van der Waals surface area contributed by atoms with Gasteiger partial charge in [-0.15, -0.1) is 0 Å². The molecule has 0 bridgehead atoms. The van der Waals surface area contributed by atoms with Gasteiger partial charge in [0.05, 0.1) is 19.3 Å². The first-order valence-corrected chi connectivity index (χ1v) is 6.02. The fourth-order valence-electron chi connectivity index (χ4n) is 1.47. The quantitative estimate of drug-likeness (QED) is 0.629. The number of rotatable bonds is 8. The Morgan fingerprint density at radius 1 is 1.00 bits per heavy atom. The Morgan fingerprint density at radius 3 is 2.44 bits per heavy atom. The van der Waals surface area contributed by atoms with Crippen LogP contribution in [0.5, 0.6) is 0 Å². The first kappa shape index (κ1) is 13.2. The highest BCUT2D eigenvalue weighted by molar-refractivity contribution is 5.14. The lowest BCUT2D eigenvalue weighted by Gasteiger charge is -2.08. The second-order valence-electron chi connectivity index (χ2n) is 4.12. The lowest BCUT2D eigenvalue weighted by atomic mass is 10.1. The summed E-state index contributed by atoms with van der Waals surface area (Å²) in [6.07, 6.45) is 2.46. The maximum absolute atomic E-state index is 5.48. The van der Waals surface area contributed by atoms with Crippen LogP contribution in [0, 0.1) is 0 Å². The van der Waals surface area contributed by atoms with Crippen LogP contribution in [0.15, 0.2) is 30.3 Å². The number of aryl methyl sites for hydroxylation is 1. The summed E-state index contributed by atoms with van der Waals surface area (Å²) in [4.78, 5) is 0. The van der Waals surface area contributed by atoms with Crippen molar-refractivity contribution in [3.05, 3.63) is 35.9 Å². The highest BCUT2D eigenvalue weighted by Crippen LogP contribution is 2.02. The summed E-state index contributed by atoms with van der Waals surface area (Å²) in [5.41, 5.74) is 1.38. The van der Waals surface area contributed by atoms with E-state index in [1.807, 2.05) is 19.9 Å². The summed E-state index contributed by atoms with van der Waals surface area (Å²) in [7, 11) is 0. The molecule has 0 heterocycles. The fraction of sp³-hybridized carbons (Fsp3) is 0.571. The lowest BCUT2D eigenvalue weighted by molar-refractivity contribution is 0.0191. The molecule has 0 aromatic heterocycles. The van der Waals surface area contributed by atoms with E-state index in [0.717, 1.165) is 19.4 Å². The SMILES string of the molecule is CC(C)OCCOCCCc1ccccc1. The zero-order valence-corrected chi connectivity index (χ0v) is 10.3. The van der Waals surface area contributed by atoms with Gasteiger partial charge in [0, 0.05) is 6.61 Å². The van der Waals surface area contributed by atoms with Crippen molar-refractivity contribution in [2.45, 2.75) is 32.8 Å². The minimum atomic E-state index is 0.299. The minimum Gasteiger partial charge on any atom is -0.379 e. The smallest absolute Gasteiger partial charge is 0.0703 e. The molecule has 0 aliphatic heterocycles. The highest BCUT2D eigenvalue weighted by Gasteiger charge is 1.94. The molecule has 0 saturated heterocycles. The van der Waals surface area contributed by atoms with E-state index in [4.69, 9.17) is 9.47 Å². The molecular formula is C14H22O2. The third-order valence-electron chi connectivity index (χ3n) is 2.28. The van der Waals surface area contributed by atoms with Crippen LogP contribution in [-0.4, -0.2) is 25.9 Å². The summed E-state index contributed by atoms with van der Waals surface area (Å²) in [5, 5.41) is 0. The van der Waals surface area contributed by atoms with Crippen LogP contribution in [0.25, 0.3) is 0 Å². The molecule has 0 N–H and O–H groups in total. The molecule has 0 spiro atoms. The number of hydrogen-bond acceptors (Lipinski definition) is 2. The van der Waals surface area contributed by atoms with Crippen molar-refractivity contribution in [1.82, 2.24) is 0 Å². The van der Waals surface area contributed by atoms with Crippen LogP contribution in [0.2, 0.25) is 0 Å². The van der Waals surface area contributed by atoms with E-state index in [9.17, 15) is 0 Å². The lowest BCUT2D eigenvalue weighted by Crippen LogP contribution is -2.10. The van der Waals surface area contributed by atoms with E-state index >= 15 is 0 Å². The van der Waals surface area contributed by atoms with Gasteiger partial charge in [-0.25, -0.2) is 0 Å². The predicted molar refractivity (Wildman–Crippen MR) is 66.7 cm³/mol. The molecule has 0 radical (unpaired) electrons. The van der Waals surface area contributed by atoms with Gasteiger partial charge in [-0.1, -0.05) is 30.3 Å². The van der Waals surface area contributed by atoms with Crippen molar-refractivity contribution in [2.24, 2.45) is 0 Å². The zero-order valence-electron chi connectivity index (χ0n) is 10.3. The third kappa shape index (κ3) is 6.59. The molecule has 0 aliphatic carbocycles. The topological polar surface area (TPSA) is 18.5 Å². The summed E-state index contributed by atoms with van der Waals surface area (Å²) in [6.45, 7) is 6.29. The molecule has 0 aliphatic rings. The number of hydrogen-bond donors (Lipinski definition) is 0. The van der Waals surface area contributed by atoms with Crippen LogP contribution in [0.4, 0.5) is 0 Å². The van der Waals surface area contributed by atoms with Gasteiger partial charge < -0.3 is 9.47 Å². The molecule has 90 valence electrons. The molecule has 1 rings (SSSR count). The van der Waals surface area contributed by atoms with Crippen molar-refractivity contribution in [3.8, 4) is 0 Å². The Balaban J connectivity index is 1.93. The normalized spacial score (nSPS) is 10.9. The first-order valence-electron chi connectivity index (χ1n) is 6.02. The molecule has 0 atom stereocenters. The van der Waals surface area contributed by atoms with Gasteiger partial charge in [0.15, 0.2) is 0 Å². The highest BCUT2D eigenvalue weighted by atomic mass is 16.5. The summed E-state index contributed by atoms with van der Waals surface area (Å²) < 4.78 is 10.9. The van der Waals surface area contributed by atoms with E-state index < -0.39 is 0 Å². The molecule has 16 heavy (non-hydrogen) atoms. The standard InChI is InChI=1S/C14H22O2/c1-13(2)16-12-11-15-10-6-9-14-7-4-3-5-8-14/h3-5,7-8,13H,6,9-12H2,1-2H3. The van der Waals surface area contributed by atoms with Crippen LogP contribution < -0.4 is 0 Å². The minimum absolute atomic E-state index is 0.299. The molecule has 0 amide bonds. The van der Waals surface area contributed by atoms with E-state index in [1.54, 1.807) is 0 Å². The molecule has 1 aromatic rings. The summed E-state index contributed by atoms with van der Waals surface area (Å²) in [5.74, 6) is 0. The van der Waals surface area contributed by atoms with E-state index in [-0.39, 0.29) is 0 Å². The number of ether oxygens (including phenoxy) is 2. The average molecular weight is 222 g/mol. The van der Waals surface area contributed by atoms with Crippen LogP contribution in [-0.2, 0) is 15.9 Å². The second kappa shape index (κ2) is 8.31. The van der Waals surface area contributed by atoms with E-state index in [2.05, 4.69) is 24.3 Å². The maximum Gasteiger partial charge on any atom is 0.0703 e. The van der Waals surface area contributed by atoms with E-state index in [0.29, 0.717) is 19.3 Å². The molecule has 0 saturated carbocycles. The maximum atomic E-state index is 5.48. The summed E-state index contributed by atoms with van der Waals surface area (Å²) >= 11 is 0. The van der Waals surface area contributed by atoms with Gasteiger partial charge in [-0.05, 0) is 32.3 Å². The largest absolute Gasteiger partial charge is 0.379 e. The average Bonchev–Trinajstić information content (AvgIpc) is 2.29. The Hall–Kier alpha value is -0.860. The zero-order chi connectivity index (χ0) is 11.6. The van der Waals surface area contributed by atoms with E-state index in [1.165, 1.54) is 5.56 Å². The summed E-state index contributed by atoms with van der Waals surface area (Å²) in [6, 6.07) is 10.5. The van der Waals surface area contributed by atoms with Crippen molar-refractivity contribution >= 4 is 0 Å². The van der Waals surface area contributed by atoms with Gasteiger partial charge in [0.1, 0.15) is 0 Å². The van der Waals surface area contributed by atoms with Crippen molar-refractivity contribution in [2.75, 3.05) is 19.8 Å². The Bertz CT molecular complexity index is 257. The van der Waals surface area contributed by atoms with Crippen LogP contribution >= 0.6 is 0 Å². The van der Waals surface area contributed by atoms with Crippen molar-refractivity contribution in [1.29, 1.82) is 0 Å². The third-order valence-corrected chi connectivity index (χ3v) is 2.28. The molecule has 2 heteroatoms.